The van der Waals surface area contributed by atoms with E-state index < -0.39 is 0 Å². The monoisotopic (exact) mass is 263 g/mol. The third-order valence-electron chi connectivity index (χ3n) is 3.37. The van der Waals surface area contributed by atoms with E-state index in [0.29, 0.717) is 24.1 Å². The van der Waals surface area contributed by atoms with Crippen LogP contribution in [-0.2, 0) is 16.0 Å². The molecule has 0 amide bonds. The van der Waals surface area contributed by atoms with E-state index >= 15 is 0 Å². The van der Waals surface area contributed by atoms with E-state index in [2.05, 4.69) is 0 Å². The molecule has 0 saturated carbocycles. The number of nitrogens with zero attached hydrogens (tertiary/aromatic N) is 1. The number of ether oxygens (including phenoxy) is 2. The molecule has 1 aliphatic rings. The quantitative estimate of drug-likeness (QED) is 0.848. The van der Waals surface area contributed by atoms with Crippen LogP contribution in [0.3, 0.4) is 0 Å². The largest absolute Gasteiger partial charge is 0.464 e. The van der Waals surface area contributed by atoms with Gasteiger partial charge in [-0.25, -0.2) is 0 Å². The van der Waals surface area contributed by atoms with E-state index in [4.69, 9.17) is 13.9 Å². The van der Waals surface area contributed by atoms with Crippen LogP contribution in [0.15, 0.2) is 33.8 Å². The Labute approximate surface area is 110 Å². The molecule has 0 N–H and O–H groups in total. The minimum Gasteiger partial charge on any atom is -0.464 e. The van der Waals surface area contributed by atoms with Crippen LogP contribution in [-0.4, -0.2) is 24.1 Å². The Morgan fingerprint density at radius 3 is 3.16 bits per heavy atom. The molecule has 1 fully saturated rings. The van der Waals surface area contributed by atoms with Gasteiger partial charge in [0.25, 0.3) is 5.56 Å². The Bertz CT molecular complexity index is 595. The lowest BCUT2D eigenvalue weighted by atomic mass is 10.2. The molecule has 19 heavy (non-hydrogen) atoms. The molecule has 0 unspecified atom stereocenters. The summed E-state index contributed by atoms with van der Waals surface area (Å²) in [5, 5.41) is 0.608. The maximum atomic E-state index is 12.1. The number of furan rings is 1. The molecule has 1 saturated heterocycles. The molecule has 0 bridgehead atoms. The van der Waals surface area contributed by atoms with Gasteiger partial charge in [0.2, 0.25) is 0 Å². The van der Waals surface area contributed by atoms with E-state index in [0.717, 1.165) is 25.9 Å². The van der Waals surface area contributed by atoms with Crippen LogP contribution >= 0.6 is 0 Å². The van der Waals surface area contributed by atoms with Crippen molar-refractivity contribution in [3.8, 4) is 0 Å². The predicted octanol–water partition coefficient (Wildman–Crippen LogP) is 2.14. The van der Waals surface area contributed by atoms with Crippen LogP contribution in [0.5, 0.6) is 0 Å². The standard InChI is InChI=1S/C14H17NO4/c16-14-11-5-9-17-12(11)4-6-15(14)7-10-19-13-3-1-2-8-18-13/h4-6,9,13H,1-3,7-8,10H2/t13-/m1/s1. The second-order valence-corrected chi connectivity index (χ2v) is 4.68. The molecule has 5 nitrogen and oxygen atoms in total. The zero-order chi connectivity index (χ0) is 13.1. The Morgan fingerprint density at radius 1 is 1.37 bits per heavy atom. The highest BCUT2D eigenvalue weighted by Crippen LogP contribution is 2.13. The van der Waals surface area contributed by atoms with Crippen molar-refractivity contribution in [1.29, 1.82) is 0 Å². The average Bonchev–Trinajstić information content (AvgIpc) is 2.92. The molecule has 1 aliphatic heterocycles. The van der Waals surface area contributed by atoms with Gasteiger partial charge in [-0.3, -0.25) is 4.79 Å². The predicted molar refractivity (Wildman–Crippen MR) is 70.0 cm³/mol. The molecule has 2 aromatic heterocycles. The molecule has 3 heterocycles. The van der Waals surface area contributed by atoms with Crippen molar-refractivity contribution >= 4 is 11.0 Å². The fraction of sp³-hybridized carbons (Fsp3) is 0.500. The van der Waals surface area contributed by atoms with E-state index in [1.807, 2.05) is 0 Å². The Kier molecular flexibility index (Phi) is 3.66. The maximum absolute atomic E-state index is 12.1. The molecule has 5 heteroatoms. The maximum Gasteiger partial charge on any atom is 0.261 e. The van der Waals surface area contributed by atoms with E-state index in [9.17, 15) is 4.79 Å². The van der Waals surface area contributed by atoms with Crippen LogP contribution in [0.4, 0.5) is 0 Å². The summed E-state index contributed by atoms with van der Waals surface area (Å²) in [4.78, 5) is 12.1. The van der Waals surface area contributed by atoms with Gasteiger partial charge in [0.1, 0.15) is 5.58 Å². The van der Waals surface area contributed by atoms with Crippen LogP contribution in [0.25, 0.3) is 11.0 Å². The molecule has 102 valence electrons. The number of hydrogen-bond donors (Lipinski definition) is 0. The van der Waals surface area contributed by atoms with Crippen molar-refractivity contribution in [3.05, 3.63) is 34.9 Å². The van der Waals surface area contributed by atoms with Crippen molar-refractivity contribution in [2.45, 2.75) is 32.1 Å². The zero-order valence-electron chi connectivity index (χ0n) is 10.7. The molecule has 2 aromatic rings. The summed E-state index contributed by atoms with van der Waals surface area (Å²) in [6.07, 6.45) is 6.35. The highest BCUT2D eigenvalue weighted by atomic mass is 16.7. The Balaban J connectivity index is 1.61. The molecule has 0 aliphatic carbocycles. The van der Waals surface area contributed by atoms with Crippen molar-refractivity contribution in [2.24, 2.45) is 0 Å². The summed E-state index contributed by atoms with van der Waals surface area (Å²) in [5.74, 6) is 0. The Morgan fingerprint density at radius 2 is 2.32 bits per heavy atom. The van der Waals surface area contributed by atoms with Gasteiger partial charge >= 0.3 is 0 Å². The molecule has 0 aromatic carbocycles. The third kappa shape index (κ3) is 2.72. The number of rotatable bonds is 4. The van der Waals surface area contributed by atoms with Gasteiger partial charge in [0.05, 0.1) is 18.3 Å². The average molecular weight is 263 g/mol. The molecule has 0 radical (unpaired) electrons. The molecule has 0 spiro atoms. The summed E-state index contributed by atoms with van der Waals surface area (Å²) in [6.45, 7) is 1.78. The van der Waals surface area contributed by atoms with Crippen LogP contribution < -0.4 is 5.56 Å². The summed E-state index contributed by atoms with van der Waals surface area (Å²) in [5.41, 5.74) is 0.581. The van der Waals surface area contributed by atoms with Gasteiger partial charge in [-0.05, 0) is 31.4 Å². The first kappa shape index (κ1) is 12.4. The van der Waals surface area contributed by atoms with Gasteiger partial charge < -0.3 is 18.5 Å². The first-order chi connectivity index (χ1) is 9.34. The van der Waals surface area contributed by atoms with Crippen molar-refractivity contribution in [3.63, 3.8) is 0 Å². The highest BCUT2D eigenvalue weighted by molar-refractivity contribution is 5.75. The second kappa shape index (κ2) is 5.59. The van der Waals surface area contributed by atoms with Gasteiger partial charge in [-0.1, -0.05) is 0 Å². The Hall–Kier alpha value is -1.59. The highest BCUT2D eigenvalue weighted by Gasteiger charge is 2.13. The number of hydrogen-bond acceptors (Lipinski definition) is 4. The lowest BCUT2D eigenvalue weighted by molar-refractivity contribution is -0.163. The van der Waals surface area contributed by atoms with Crippen LogP contribution in [0.2, 0.25) is 0 Å². The summed E-state index contributed by atoms with van der Waals surface area (Å²) < 4.78 is 17.9. The molecular formula is C14H17NO4. The van der Waals surface area contributed by atoms with Gasteiger partial charge in [0, 0.05) is 19.3 Å². The minimum absolute atomic E-state index is 0.0422. The fourth-order valence-electron chi connectivity index (χ4n) is 2.31. The number of fused-ring (bicyclic) bond motifs is 1. The normalized spacial score (nSPS) is 19.9. The smallest absolute Gasteiger partial charge is 0.261 e. The van der Waals surface area contributed by atoms with Gasteiger partial charge in [0.15, 0.2) is 6.29 Å². The number of pyridine rings is 1. The zero-order valence-corrected chi connectivity index (χ0v) is 10.7. The lowest BCUT2D eigenvalue weighted by Crippen LogP contribution is -2.26. The SMILES string of the molecule is O=c1c2ccoc2ccn1CCO[C@@H]1CCCCO1. The summed E-state index contributed by atoms with van der Waals surface area (Å²) in [7, 11) is 0. The number of aromatic nitrogens is 1. The fourth-order valence-corrected chi connectivity index (χ4v) is 2.31. The van der Waals surface area contributed by atoms with Crippen molar-refractivity contribution < 1.29 is 13.9 Å². The van der Waals surface area contributed by atoms with E-state index in [-0.39, 0.29) is 11.8 Å². The minimum atomic E-state index is -0.109. The lowest BCUT2D eigenvalue weighted by Gasteiger charge is -2.22. The van der Waals surface area contributed by atoms with E-state index in [1.54, 1.807) is 22.9 Å². The van der Waals surface area contributed by atoms with Crippen LogP contribution in [0, 0.1) is 0 Å². The second-order valence-electron chi connectivity index (χ2n) is 4.68. The third-order valence-corrected chi connectivity index (χ3v) is 3.37. The molecule has 3 rings (SSSR count). The topological polar surface area (TPSA) is 53.6 Å². The summed E-state index contributed by atoms with van der Waals surface area (Å²) >= 11 is 0. The van der Waals surface area contributed by atoms with Crippen LogP contribution in [0.1, 0.15) is 19.3 Å². The van der Waals surface area contributed by atoms with Crippen molar-refractivity contribution in [2.75, 3.05) is 13.2 Å². The van der Waals surface area contributed by atoms with E-state index in [1.165, 1.54) is 6.26 Å². The van der Waals surface area contributed by atoms with Gasteiger partial charge in [-0.15, -0.1) is 0 Å². The van der Waals surface area contributed by atoms with Crippen molar-refractivity contribution in [1.82, 2.24) is 4.57 Å². The van der Waals surface area contributed by atoms with Gasteiger partial charge in [-0.2, -0.15) is 0 Å². The first-order valence-electron chi connectivity index (χ1n) is 6.64. The first-order valence-corrected chi connectivity index (χ1v) is 6.64. The molecular weight excluding hydrogens is 246 g/mol. The molecule has 1 atom stereocenters. The summed E-state index contributed by atoms with van der Waals surface area (Å²) in [6, 6.07) is 3.49.